The van der Waals surface area contributed by atoms with Crippen LogP contribution in [0.3, 0.4) is 0 Å². The maximum absolute atomic E-state index is 10.6. The number of rotatable bonds is 1. The normalized spacial score (nSPS) is 10.1. The van der Waals surface area contributed by atoms with Crippen LogP contribution >= 0.6 is 11.6 Å². The molecule has 3 N–H and O–H groups in total. The second kappa shape index (κ2) is 6.04. The zero-order valence-corrected chi connectivity index (χ0v) is 8.79. The van der Waals surface area contributed by atoms with Crippen molar-refractivity contribution < 1.29 is 27.9 Å². The number of aromatic nitrogens is 1. The maximum Gasteiger partial charge on any atom is 0.490 e. The third kappa shape index (κ3) is 6.36. The van der Waals surface area contributed by atoms with Gasteiger partial charge in [0.15, 0.2) is 0 Å². The number of hydrogen-bond acceptors (Lipinski definition) is 3. The van der Waals surface area contributed by atoms with E-state index in [0.717, 1.165) is 0 Å². The van der Waals surface area contributed by atoms with Crippen molar-refractivity contribution in [2.24, 2.45) is 5.73 Å². The molecule has 1 aromatic heterocycles. The summed E-state index contributed by atoms with van der Waals surface area (Å²) in [6, 6.07) is 3.00. The predicted octanol–water partition coefficient (Wildman–Crippen LogP) is 1.47. The molecular weight excluding hydrogens is 265 g/mol. The standard InChI is InChI=1S/C6H5ClN2O.C2HF3O2/c7-4-1-2-9-5(3-4)6(8)10;3-2(4,5)1(6)7/h1-3H,(H2,8,10);(H,6,7). The van der Waals surface area contributed by atoms with Gasteiger partial charge in [-0.15, -0.1) is 0 Å². The molecule has 0 saturated carbocycles. The lowest BCUT2D eigenvalue weighted by Crippen LogP contribution is -2.21. The van der Waals surface area contributed by atoms with Gasteiger partial charge in [-0.05, 0) is 12.1 Å². The van der Waals surface area contributed by atoms with Crippen LogP contribution in [-0.2, 0) is 4.79 Å². The van der Waals surface area contributed by atoms with Crippen LogP contribution in [0.15, 0.2) is 18.3 Å². The highest BCUT2D eigenvalue weighted by Crippen LogP contribution is 2.13. The number of halogens is 4. The summed E-state index contributed by atoms with van der Waals surface area (Å²) in [5.74, 6) is -3.32. The number of nitrogens with zero attached hydrogens (tertiary/aromatic N) is 1. The molecule has 0 aliphatic carbocycles. The third-order valence-electron chi connectivity index (χ3n) is 1.22. The summed E-state index contributed by atoms with van der Waals surface area (Å²) in [5.41, 5.74) is 5.11. The number of carbonyl (C=O) groups excluding carboxylic acids is 1. The van der Waals surface area contributed by atoms with Crippen LogP contribution in [-0.4, -0.2) is 28.1 Å². The van der Waals surface area contributed by atoms with Crippen molar-refractivity contribution in [2.75, 3.05) is 0 Å². The number of pyridine rings is 1. The predicted molar refractivity (Wildman–Crippen MR) is 51.5 cm³/mol. The summed E-state index contributed by atoms with van der Waals surface area (Å²) in [6.07, 6.45) is -3.65. The monoisotopic (exact) mass is 270 g/mol. The number of carboxylic acids is 1. The molecule has 1 heterocycles. The fourth-order valence-corrected chi connectivity index (χ4v) is 0.699. The van der Waals surface area contributed by atoms with E-state index in [4.69, 9.17) is 27.2 Å². The van der Waals surface area contributed by atoms with Gasteiger partial charge < -0.3 is 10.8 Å². The highest BCUT2D eigenvalue weighted by molar-refractivity contribution is 6.30. The van der Waals surface area contributed by atoms with Crippen LogP contribution in [0.5, 0.6) is 0 Å². The molecule has 0 aromatic carbocycles. The number of amides is 1. The van der Waals surface area contributed by atoms with E-state index in [1.54, 1.807) is 6.07 Å². The van der Waals surface area contributed by atoms with Gasteiger partial charge in [-0.25, -0.2) is 4.79 Å². The van der Waals surface area contributed by atoms with Crippen LogP contribution in [0.2, 0.25) is 5.02 Å². The summed E-state index contributed by atoms with van der Waals surface area (Å²) in [7, 11) is 0. The first-order chi connectivity index (χ1) is 7.64. The van der Waals surface area contributed by atoms with Crippen LogP contribution in [0, 0.1) is 0 Å². The molecule has 0 aliphatic heterocycles. The maximum atomic E-state index is 10.6. The van der Waals surface area contributed by atoms with Gasteiger partial charge in [0.05, 0.1) is 0 Å². The lowest BCUT2D eigenvalue weighted by atomic mass is 10.3. The molecule has 0 atom stereocenters. The number of carbonyl (C=O) groups is 2. The Labute approximate surface area is 98.0 Å². The molecular formula is C8H6ClF3N2O3. The summed E-state index contributed by atoms with van der Waals surface area (Å²) >= 11 is 5.54. The van der Waals surface area contributed by atoms with Crippen molar-refractivity contribution in [1.82, 2.24) is 4.98 Å². The summed E-state index contributed by atoms with van der Waals surface area (Å²) in [6.45, 7) is 0. The number of hydrogen-bond donors (Lipinski definition) is 2. The first-order valence-electron chi connectivity index (χ1n) is 3.86. The van der Waals surface area contributed by atoms with E-state index in [-0.39, 0.29) is 5.69 Å². The first-order valence-corrected chi connectivity index (χ1v) is 4.24. The fraction of sp³-hybridized carbons (Fsp3) is 0.125. The van der Waals surface area contributed by atoms with Crippen molar-refractivity contribution >= 4 is 23.5 Å². The summed E-state index contributed by atoms with van der Waals surface area (Å²) in [4.78, 5) is 23.0. The molecule has 94 valence electrons. The summed E-state index contributed by atoms with van der Waals surface area (Å²) in [5, 5.41) is 7.59. The Morgan fingerprint density at radius 2 is 1.88 bits per heavy atom. The molecule has 1 rings (SSSR count). The van der Waals surface area contributed by atoms with Gasteiger partial charge >= 0.3 is 12.1 Å². The Morgan fingerprint density at radius 3 is 2.12 bits per heavy atom. The van der Waals surface area contributed by atoms with Gasteiger partial charge in [0.25, 0.3) is 5.91 Å². The Kier molecular flexibility index (Phi) is 5.39. The van der Waals surface area contributed by atoms with E-state index in [0.29, 0.717) is 5.02 Å². The SMILES string of the molecule is NC(=O)c1cc(Cl)ccn1.O=C(O)C(F)(F)F. The molecule has 0 saturated heterocycles. The molecule has 1 aromatic rings. The Hall–Kier alpha value is -1.83. The zero-order valence-electron chi connectivity index (χ0n) is 8.03. The van der Waals surface area contributed by atoms with Crippen molar-refractivity contribution in [3.8, 4) is 0 Å². The van der Waals surface area contributed by atoms with E-state index in [1.165, 1.54) is 12.3 Å². The van der Waals surface area contributed by atoms with Crippen molar-refractivity contribution in [1.29, 1.82) is 0 Å². The number of primary amides is 1. The topological polar surface area (TPSA) is 93.3 Å². The van der Waals surface area contributed by atoms with Crippen molar-refractivity contribution in [2.45, 2.75) is 6.18 Å². The quantitative estimate of drug-likeness (QED) is 0.808. The Morgan fingerprint density at radius 1 is 1.41 bits per heavy atom. The van der Waals surface area contributed by atoms with Crippen LogP contribution in [0.25, 0.3) is 0 Å². The Balaban J connectivity index is 0.000000325. The first kappa shape index (κ1) is 15.2. The Bertz CT molecular complexity index is 423. The second-order valence-corrected chi connectivity index (χ2v) is 2.96. The average molecular weight is 271 g/mol. The van der Waals surface area contributed by atoms with Crippen molar-refractivity contribution in [3.05, 3.63) is 29.0 Å². The molecule has 0 fully saturated rings. The van der Waals surface area contributed by atoms with Gasteiger partial charge in [0.2, 0.25) is 0 Å². The zero-order chi connectivity index (χ0) is 13.6. The van der Waals surface area contributed by atoms with E-state index in [2.05, 4.69) is 4.98 Å². The van der Waals surface area contributed by atoms with Crippen LogP contribution in [0.1, 0.15) is 10.5 Å². The molecule has 5 nitrogen and oxygen atoms in total. The lowest BCUT2D eigenvalue weighted by molar-refractivity contribution is -0.192. The molecule has 0 unspecified atom stereocenters. The van der Waals surface area contributed by atoms with Gasteiger partial charge in [-0.1, -0.05) is 11.6 Å². The minimum absolute atomic E-state index is 0.188. The molecule has 0 spiro atoms. The van der Waals surface area contributed by atoms with Gasteiger partial charge in [0.1, 0.15) is 5.69 Å². The highest BCUT2D eigenvalue weighted by Gasteiger charge is 2.38. The smallest absolute Gasteiger partial charge is 0.475 e. The molecule has 9 heteroatoms. The van der Waals surface area contributed by atoms with Gasteiger partial charge in [-0.3, -0.25) is 9.78 Å². The molecule has 17 heavy (non-hydrogen) atoms. The van der Waals surface area contributed by atoms with E-state index in [9.17, 15) is 18.0 Å². The minimum Gasteiger partial charge on any atom is -0.475 e. The summed E-state index contributed by atoms with van der Waals surface area (Å²) < 4.78 is 31.7. The molecule has 0 aliphatic rings. The van der Waals surface area contributed by atoms with Gasteiger partial charge in [-0.2, -0.15) is 13.2 Å². The molecule has 0 radical (unpaired) electrons. The molecule has 0 bridgehead atoms. The van der Waals surface area contributed by atoms with E-state index >= 15 is 0 Å². The fourth-order valence-electron chi connectivity index (χ4n) is 0.540. The van der Waals surface area contributed by atoms with Crippen LogP contribution in [0.4, 0.5) is 13.2 Å². The third-order valence-corrected chi connectivity index (χ3v) is 1.45. The molecule has 1 amide bonds. The van der Waals surface area contributed by atoms with E-state index in [1.807, 2.05) is 0 Å². The van der Waals surface area contributed by atoms with Crippen molar-refractivity contribution in [3.63, 3.8) is 0 Å². The number of nitrogens with two attached hydrogens (primary N) is 1. The van der Waals surface area contributed by atoms with E-state index < -0.39 is 18.1 Å². The number of carboxylic acid groups (broad SMARTS) is 1. The number of alkyl halides is 3. The highest BCUT2D eigenvalue weighted by atomic mass is 35.5. The minimum atomic E-state index is -5.08. The average Bonchev–Trinajstić information content (AvgIpc) is 2.17. The van der Waals surface area contributed by atoms with Crippen LogP contribution < -0.4 is 5.73 Å². The van der Waals surface area contributed by atoms with Gasteiger partial charge in [0, 0.05) is 11.2 Å². The largest absolute Gasteiger partial charge is 0.490 e. The number of aliphatic carboxylic acids is 1. The lowest BCUT2D eigenvalue weighted by Gasteiger charge is -1.93. The second-order valence-electron chi connectivity index (χ2n) is 2.53.